The number of hydrogen-bond donors (Lipinski definition) is 1. The molecule has 6 nitrogen and oxygen atoms in total. The topological polar surface area (TPSA) is 87.2 Å². The van der Waals surface area contributed by atoms with Gasteiger partial charge in [0.05, 0.1) is 12.0 Å². The zero-order valence-corrected chi connectivity index (χ0v) is 15.1. The largest absolute Gasteiger partial charge is 0.494 e. The minimum Gasteiger partial charge on any atom is -0.494 e. The van der Waals surface area contributed by atoms with Gasteiger partial charge in [0.1, 0.15) is 5.69 Å². The standard InChI is InChI=1S/C18H18FN3O3S/c1-3-22-11-15(13-6-9-17(25-2)16(19)10-13)18(21-22)12-4-7-14(8-5-12)26(20,23)24/h4-11H,3H2,1-2H3,(H2,20,23,24). The van der Waals surface area contributed by atoms with Crippen molar-refractivity contribution in [2.24, 2.45) is 5.14 Å². The maximum Gasteiger partial charge on any atom is 0.238 e. The Bertz CT molecular complexity index is 1040. The number of aryl methyl sites for hydroxylation is 1. The van der Waals surface area contributed by atoms with Crippen LogP contribution in [0.2, 0.25) is 0 Å². The zero-order valence-electron chi connectivity index (χ0n) is 14.3. The average molecular weight is 375 g/mol. The van der Waals surface area contributed by atoms with E-state index in [-0.39, 0.29) is 10.6 Å². The first kappa shape index (κ1) is 18.1. The highest BCUT2D eigenvalue weighted by atomic mass is 32.2. The first-order valence-corrected chi connectivity index (χ1v) is 9.42. The van der Waals surface area contributed by atoms with Crippen molar-refractivity contribution in [3.8, 4) is 28.1 Å². The number of sulfonamides is 1. The van der Waals surface area contributed by atoms with Gasteiger partial charge in [-0.1, -0.05) is 18.2 Å². The van der Waals surface area contributed by atoms with Crippen LogP contribution < -0.4 is 9.88 Å². The molecule has 0 aliphatic heterocycles. The second kappa shape index (κ2) is 6.89. The first-order valence-electron chi connectivity index (χ1n) is 7.88. The zero-order chi connectivity index (χ0) is 18.9. The SMILES string of the molecule is CCn1cc(-c2ccc(OC)c(F)c2)c(-c2ccc(S(N)(=O)=O)cc2)n1. The van der Waals surface area contributed by atoms with Crippen molar-refractivity contribution in [2.75, 3.05) is 7.11 Å². The van der Waals surface area contributed by atoms with E-state index in [9.17, 15) is 12.8 Å². The predicted octanol–water partition coefficient (Wildman–Crippen LogP) is 3.03. The van der Waals surface area contributed by atoms with Crippen molar-refractivity contribution in [3.63, 3.8) is 0 Å². The highest BCUT2D eigenvalue weighted by Crippen LogP contribution is 2.33. The number of halogens is 1. The Morgan fingerprint density at radius 3 is 2.35 bits per heavy atom. The lowest BCUT2D eigenvalue weighted by atomic mass is 10.0. The molecule has 2 aromatic carbocycles. The number of rotatable bonds is 5. The third kappa shape index (κ3) is 3.47. The van der Waals surface area contributed by atoms with Gasteiger partial charge in [-0.05, 0) is 36.8 Å². The second-order valence-corrected chi connectivity index (χ2v) is 7.23. The summed E-state index contributed by atoms with van der Waals surface area (Å²) in [6, 6.07) is 10.8. The van der Waals surface area contributed by atoms with E-state index < -0.39 is 15.8 Å². The molecule has 0 radical (unpaired) electrons. The van der Waals surface area contributed by atoms with E-state index in [4.69, 9.17) is 9.88 Å². The third-order valence-electron chi connectivity index (χ3n) is 4.00. The van der Waals surface area contributed by atoms with E-state index in [1.807, 2.05) is 13.1 Å². The summed E-state index contributed by atoms with van der Waals surface area (Å²) >= 11 is 0. The molecular weight excluding hydrogens is 357 g/mol. The van der Waals surface area contributed by atoms with Crippen LogP contribution in [0.1, 0.15) is 6.92 Å². The van der Waals surface area contributed by atoms with Crippen LogP contribution in [0, 0.1) is 5.82 Å². The highest BCUT2D eigenvalue weighted by molar-refractivity contribution is 7.89. The van der Waals surface area contributed by atoms with Gasteiger partial charge in [0, 0.05) is 23.9 Å². The molecule has 3 rings (SSSR count). The van der Waals surface area contributed by atoms with Gasteiger partial charge >= 0.3 is 0 Å². The molecule has 0 unspecified atom stereocenters. The number of aromatic nitrogens is 2. The van der Waals surface area contributed by atoms with Crippen LogP contribution in [-0.2, 0) is 16.6 Å². The van der Waals surface area contributed by atoms with E-state index in [1.165, 1.54) is 25.3 Å². The van der Waals surface area contributed by atoms with Crippen LogP contribution in [0.25, 0.3) is 22.4 Å². The number of methoxy groups -OCH3 is 1. The van der Waals surface area contributed by atoms with Crippen LogP contribution in [0.4, 0.5) is 4.39 Å². The predicted molar refractivity (Wildman–Crippen MR) is 96.7 cm³/mol. The maximum atomic E-state index is 14.1. The van der Waals surface area contributed by atoms with Gasteiger partial charge in [0.15, 0.2) is 11.6 Å². The molecule has 8 heteroatoms. The number of nitrogens with two attached hydrogens (primary N) is 1. The Morgan fingerprint density at radius 1 is 1.15 bits per heavy atom. The summed E-state index contributed by atoms with van der Waals surface area (Å²) in [4.78, 5) is 0.0215. The van der Waals surface area contributed by atoms with E-state index >= 15 is 0 Å². The number of nitrogens with zero attached hydrogens (tertiary/aromatic N) is 2. The van der Waals surface area contributed by atoms with Crippen LogP contribution >= 0.6 is 0 Å². The molecule has 0 fully saturated rings. The van der Waals surface area contributed by atoms with Crippen molar-refractivity contribution in [1.29, 1.82) is 0 Å². The summed E-state index contributed by atoms with van der Waals surface area (Å²) in [5, 5.41) is 9.66. The number of benzene rings is 2. The minimum absolute atomic E-state index is 0.0215. The molecule has 0 aliphatic rings. The molecule has 0 spiro atoms. The fourth-order valence-corrected chi connectivity index (χ4v) is 3.16. The molecule has 0 saturated heterocycles. The summed E-state index contributed by atoms with van der Waals surface area (Å²) < 4.78 is 43.6. The molecule has 1 heterocycles. The maximum absolute atomic E-state index is 14.1. The quantitative estimate of drug-likeness (QED) is 0.742. The molecular formula is C18H18FN3O3S. The van der Waals surface area contributed by atoms with Gasteiger partial charge in [-0.15, -0.1) is 0 Å². The molecule has 26 heavy (non-hydrogen) atoms. The number of ether oxygens (including phenoxy) is 1. The van der Waals surface area contributed by atoms with E-state index in [1.54, 1.807) is 28.9 Å². The van der Waals surface area contributed by atoms with Crippen molar-refractivity contribution in [2.45, 2.75) is 18.4 Å². The molecule has 0 amide bonds. The summed E-state index contributed by atoms with van der Waals surface area (Å²) in [5.41, 5.74) is 2.71. The lowest BCUT2D eigenvalue weighted by Crippen LogP contribution is -2.11. The minimum atomic E-state index is -3.77. The van der Waals surface area contributed by atoms with Crippen molar-refractivity contribution in [3.05, 3.63) is 54.5 Å². The van der Waals surface area contributed by atoms with E-state index in [0.717, 1.165) is 5.56 Å². The molecule has 2 N–H and O–H groups in total. The fraction of sp³-hybridized carbons (Fsp3) is 0.167. The van der Waals surface area contributed by atoms with Crippen molar-refractivity contribution >= 4 is 10.0 Å². The van der Waals surface area contributed by atoms with Gasteiger partial charge in [-0.3, -0.25) is 4.68 Å². The molecule has 0 aliphatic carbocycles. The van der Waals surface area contributed by atoms with Crippen LogP contribution in [0.3, 0.4) is 0 Å². The highest BCUT2D eigenvalue weighted by Gasteiger charge is 2.16. The number of primary sulfonamides is 1. The van der Waals surface area contributed by atoms with Crippen molar-refractivity contribution in [1.82, 2.24) is 9.78 Å². The summed E-state index contributed by atoms with van der Waals surface area (Å²) in [5.74, 6) is -0.305. The van der Waals surface area contributed by atoms with Gasteiger partial charge in [0.25, 0.3) is 0 Å². The smallest absolute Gasteiger partial charge is 0.238 e. The lowest BCUT2D eigenvalue weighted by Gasteiger charge is -2.06. The van der Waals surface area contributed by atoms with Crippen molar-refractivity contribution < 1.29 is 17.5 Å². The first-order chi connectivity index (χ1) is 12.3. The molecule has 1 aromatic heterocycles. The Hall–Kier alpha value is -2.71. The second-order valence-electron chi connectivity index (χ2n) is 5.67. The molecule has 0 atom stereocenters. The van der Waals surface area contributed by atoms with Crippen LogP contribution in [0.5, 0.6) is 5.75 Å². The van der Waals surface area contributed by atoms with Crippen LogP contribution in [0.15, 0.2) is 53.6 Å². The van der Waals surface area contributed by atoms with E-state index in [0.29, 0.717) is 23.4 Å². The summed E-state index contributed by atoms with van der Waals surface area (Å²) in [6.45, 7) is 2.58. The molecule has 3 aromatic rings. The Labute approximate surface area is 151 Å². The van der Waals surface area contributed by atoms with Crippen LogP contribution in [-0.4, -0.2) is 25.3 Å². The molecule has 0 saturated carbocycles. The summed E-state index contributed by atoms with van der Waals surface area (Å²) in [7, 11) is -2.36. The Morgan fingerprint density at radius 2 is 1.81 bits per heavy atom. The normalized spacial score (nSPS) is 11.5. The van der Waals surface area contributed by atoms with Gasteiger partial charge in [-0.25, -0.2) is 17.9 Å². The van der Waals surface area contributed by atoms with Gasteiger partial charge < -0.3 is 4.74 Å². The molecule has 0 bridgehead atoms. The van der Waals surface area contributed by atoms with Gasteiger partial charge in [0.2, 0.25) is 10.0 Å². The lowest BCUT2D eigenvalue weighted by molar-refractivity contribution is 0.386. The fourth-order valence-electron chi connectivity index (χ4n) is 2.64. The Balaban J connectivity index is 2.11. The third-order valence-corrected chi connectivity index (χ3v) is 4.93. The monoisotopic (exact) mass is 375 g/mol. The number of hydrogen-bond acceptors (Lipinski definition) is 4. The van der Waals surface area contributed by atoms with E-state index in [2.05, 4.69) is 5.10 Å². The Kier molecular flexibility index (Phi) is 4.80. The molecule has 136 valence electrons. The van der Waals surface area contributed by atoms with Gasteiger partial charge in [-0.2, -0.15) is 5.10 Å². The average Bonchev–Trinajstić information content (AvgIpc) is 3.05. The summed E-state index contributed by atoms with van der Waals surface area (Å²) in [6.07, 6.45) is 1.82.